The van der Waals surface area contributed by atoms with Crippen molar-refractivity contribution in [1.82, 2.24) is 15.5 Å². The Bertz CT molecular complexity index is 713. The molecule has 1 aliphatic heterocycles. The zero-order chi connectivity index (χ0) is 20.2. The highest BCUT2D eigenvalue weighted by Crippen LogP contribution is 2.28. The summed E-state index contributed by atoms with van der Waals surface area (Å²) in [6.07, 6.45) is 2.11. The lowest BCUT2D eigenvalue weighted by Gasteiger charge is -2.47. The zero-order valence-electron chi connectivity index (χ0n) is 17.5. The van der Waals surface area contributed by atoms with Crippen LogP contribution in [0.25, 0.3) is 0 Å². The standard InChI is InChI=1S/C24H33N3S/c1-23(2)15-21(16-24(3,4)26-23)25-22(28)27(17-19-11-7-5-8-12-19)18-20-13-9-6-10-14-20/h5-14,21,26H,15-18H2,1-4H3,(H,25,28). The Labute approximate surface area is 175 Å². The molecule has 2 N–H and O–H groups in total. The maximum absolute atomic E-state index is 5.90. The van der Waals surface area contributed by atoms with Crippen LogP contribution in [-0.4, -0.2) is 27.1 Å². The second-order valence-corrected chi connectivity index (χ2v) is 9.66. The van der Waals surface area contributed by atoms with Crippen molar-refractivity contribution in [3.63, 3.8) is 0 Å². The molecule has 3 nitrogen and oxygen atoms in total. The van der Waals surface area contributed by atoms with Gasteiger partial charge in [0.1, 0.15) is 0 Å². The normalized spacial score (nSPS) is 18.4. The summed E-state index contributed by atoms with van der Waals surface area (Å²) in [6.45, 7) is 10.7. The molecule has 0 unspecified atom stereocenters. The summed E-state index contributed by atoms with van der Waals surface area (Å²) in [5.41, 5.74) is 2.74. The van der Waals surface area contributed by atoms with Crippen LogP contribution in [0, 0.1) is 0 Å². The highest BCUT2D eigenvalue weighted by Gasteiger charge is 2.38. The molecule has 1 fully saturated rings. The summed E-state index contributed by atoms with van der Waals surface area (Å²) in [6, 6.07) is 21.5. The van der Waals surface area contributed by atoms with Gasteiger partial charge in [-0.3, -0.25) is 0 Å². The molecule has 0 spiro atoms. The topological polar surface area (TPSA) is 27.3 Å². The van der Waals surface area contributed by atoms with Gasteiger partial charge >= 0.3 is 0 Å². The fourth-order valence-electron chi connectivity index (χ4n) is 4.50. The molecule has 0 bridgehead atoms. The summed E-state index contributed by atoms with van der Waals surface area (Å²) in [5, 5.41) is 8.27. The third kappa shape index (κ3) is 6.05. The van der Waals surface area contributed by atoms with E-state index in [1.807, 2.05) is 0 Å². The molecular weight excluding hydrogens is 362 g/mol. The zero-order valence-corrected chi connectivity index (χ0v) is 18.4. The maximum atomic E-state index is 5.90. The van der Waals surface area contributed by atoms with Crippen LogP contribution in [-0.2, 0) is 13.1 Å². The molecule has 1 heterocycles. The van der Waals surface area contributed by atoms with E-state index in [0.717, 1.165) is 31.0 Å². The van der Waals surface area contributed by atoms with Gasteiger partial charge in [0.2, 0.25) is 0 Å². The van der Waals surface area contributed by atoms with E-state index in [4.69, 9.17) is 12.2 Å². The smallest absolute Gasteiger partial charge is 0.169 e. The molecule has 1 saturated heterocycles. The molecule has 0 radical (unpaired) electrons. The number of nitrogens with zero attached hydrogens (tertiary/aromatic N) is 1. The third-order valence-corrected chi connectivity index (χ3v) is 5.61. The van der Waals surface area contributed by atoms with E-state index in [0.29, 0.717) is 6.04 Å². The summed E-state index contributed by atoms with van der Waals surface area (Å²) in [5.74, 6) is 0. The van der Waals surface area contributed by atoms with Crippen molar-refractivity contribution in [3.05, 3.63) is 71.8 Å². The molecule has 0 atom stereocenters. The van der Waals surface area contributed by atoms with Gasteiger partial charge in [-0.1, -0.05) is 60.7 Å². The van der Waals surface area contributed by atoms with Crippen molar-refractivity contribution < 1.29 is 0 Å². The van der Waals surface area contributed by atoms with Gasteiger partial charge in [-0.15, -0.1) is 0 Å². The predicted octanol–water partition coefficient (Wildman–Crippen LogP) is 4.87. The van der Waals surface area contributed by atoms with Crippen LogP contribution in [0.4, 0.5) is 0 Å². The highest BCUT2D eigenvalue weighted by atomic mass is 32.1. The molecule has 150 valence electrons. The van der Waals surface area contributed by atoms with Gasteiger partial charge in [-0.05, 0) is 63.9 Å². The molecule has 28 heavy (non-hydrogen) atoms. The fourth-order valence-corrected chi connectivity index (χ4v) is 4.79. The van der Waals surface area contributed by atoms with E-state index in [2.05, 4.69) is 104 Å². The molecule has 1 aliphatic rings. The Morgan fingerprint density at radius 1 is 0.893 bits per heavy atom. The quantitative estimate of drug-likeness (QED) is 0.706. The second kappa shape index (κ2) is 8.62. The minimum Gasteiger partial charge on any atom is -0.360 e. The van der Waals surface area contributed by atoms with Crippen molar-refractivity contribution in [2.75, 3.05) is 0 Å². The van der Waals surface area contributed by atoms with Crippen LogP contribution >= 0.6 is 12.2 Å². The fraction of sp³-hybridized carbons (Fsp3) is 0.458. The van der Waals surface area contributed by atoms with E-state index >= 15 is 0 Å². The van der Waals surface area contributed by atoms with E-state index in [1.54, 1.807) is 0 Å². The van der Waals surface area contributed by atoms with Crippen molar-refractivity contribution >= 4 is 17.3 Å². The van der Waals surface area contributed by atoms with Crippen LogP contribution in [0.1, 0.15) is 51.7 Å². The molecular formula is C24H33N3S. The van der Waals surface area contributed by atoms with Crippen molar-refractivity contribution in [3.8, 4) is 0 Å². The average Bonchev–Trinajstić information content (AvgIpc) is 2.60. The van der Waals surface area contributed by atoms with Gasteiger partial charge in [0.15, 0.2) is 5.11 Å². The van der Waals surface area contributed by atoms with Gasteiger partial charge in [0, 0.05) is 30.2 Å². The van der Waals surface area contributed by atoms with Crippen molar-refractivity contribution in [2.45, 2.75) is 70.7 Å². The minimum absolute atomic E-state index is 0.0960. The molecule has 0 aliphatic carbocycles. The molecule has 2 aromatic rings. The average molecular weight is 396 g/mol. The number of hydrogen-bond donors (Lipinski definition) is 2. The number of benzene rings is 2. The number of piperidine rings is 1. The lowest BCUT2D eigenvalue weighted by Crippen LogP contribution is -2.62. The Kier molecular flexibility index (Phi) is 6.41. The van der Waals surface area contributed by atoms with Crippen LogP contribution in [0.2, 0.25) is 0 Å². The Balaban J connectivity index is 1.74. The van der Waals surface area contributed by atoms with E-state index in [9.17, 15) is 0 Å². The molecule has 0 aromatic heterocycles. The SMILES string of the molecule is CC1(C)CC(NC(=S)N(Cc2ccccc2)Cc2ccccc2)CC(C)(C)N1. The third-order valence-electron chi connectivity index (χ3n) is 5.24. The first-order valence-electron chi connectivity index (χ1n) is 10.2. The van der Waals surface area contributed by atoms with E-state index in [1.165, 1.54) is 11.1 Å². The van der Waals surface area contributed by atoms with E-state index in [-0.39, 0.29) is 11.1 Å². The Morgan fingerprint density at radius 2 is 1.32 bits per heavy atom. The first-order chi connectivity index (χ1) is 13.2. The van der Waals surface area contributed by atoms with Crippen LogP contribution in [0.3, 0.4) is 0 Å². The second-order valence-electron chi connectivity index (χ2n) is 9.27. The maximum Gasteiger partial charge on any atom is 0.169 e. The number of nitrogens with one attached hydrogen (secondary N) is 2. The van der Waals surface area contributed by atoms with Gasteiger partial charge in [-0.2, -0.15) is 0 Å². The van der Waals surface area contributed by atoms with Crippen LogP contribution < -0.4 is 10.6 Å². The van der Waals surface area contributed by atoms with Gasteiger partial charge in [-0.25, -0.2) is 0 Å². The van der Waals surface area contributed by atoms with Gasteiger partial charge < -0.3 is 15.5 Å². The number of thiocarbonyl (C=S) groups is 1. The first kappa shape index (κ1) is 20.8. The summed E-state index contributed by atoms with van der Waals surface area (Å²) >= 11 is 5.90. The largest absolute Gasteiger partial charge is 0.360 e. The van der Waals surface area contributed by atoms with Gasteiger partial charge in [0.25, 0.3) is 0 Å². The molecule has 2 aromatic carbocycles. The monoisotopic (exact) mass is 395 g/mol. The van der Waals surface area contributed by atoms with E-state index < -0.39 is 0 Å². The summed E-state index contributed by atoms with van der Waals surface area (Å²) in [4.78, 5) is 2.28. The molecule has 4 heteroatoms. The summed E-state index contributed by atoms with van der Waals surface area (Å²) < 4.78 is 0. The van der Waals surface area contributed by atoms with Crippen molar-refractivity contribution in [1.29, 1.82) is 0 Å². The highest BCUT2D eigenvalue weighted by molar-refractivity contribution is 7.80. The minimum atomic E-state index is 0.0960. The van der Waals surface area contributed by atoms with Gasteiger partial charge in [0.05, 0.1) is 0 Å². The summed E-state index contributed by atoms with van der Waals surface area (Å²) in [7, 11) is 0. The molecule has 0 amide bonds. The lowest BCUT2D eigenvalue weighted by molar-refractivity contribution is 0.153. The first-order valence-corrected chi connectivity index (χ1v) is 10.6. The predicted molar refractivity (Wildman–Crippen MR) is 122 cm³/mol. The Hall–Kier alpha value is -1.91. The van der Waals surface area contributed by atoms with Crippen LogP contribution in [0.15, 0.2) is 60.7 Å². The Morgan fingerprint density at radius 3 is 1.75 bits per heavy atom. The number of rotatable bonds is 5. The van der Waals surface area contributed by atoms with Crippen LogP contribution in [0.5, 0.6) is 0 Å². The lowest BCUT2D eigenvalue weighted by atomic mass is 9.80. The molecule has 3 rings (SSSR count). The number of hydrogen-bond acceptors (Lipinski definition) is 2. The van der Waals surface area contributed by atoms with Crippen molar-refractivity contribution in [2.24, 2.45) is 0 Å². The molecule has 0 saturated carbocycles.